The summed E-state index contributed by atoms with van der Waals surface area (Å²) in [5.74, 6) is -0.894. The Morgan fingerprint density at radius 1 is 1.32 bits per heavy atom. The van der Waals surface area contributed by atoms with Crippen molar-refractivity contribution in [1.82, 2.24) is 4.90 Å². The van der Waals surface area contributed by atoms with Crippen molar-refractivity contribution in [2.24, 2.45) is 5.92 Å². The van der Waals surface area contributed by atoms with Crippen LogP contribution in [0.3, 0.4) is 0 Å². The molecular weight excluding hydrogens is 396 g/mol. The number of methoxy groups -OCH3 is 1. The molecule has 2 aliphatic heterocycles. The van der Waals surface area contributed by atoms with E-state index >= 15 is 0 Å². The monoisotopic (exact) mass is 430 g/mol. The van der Waals surface area contributed by atoms with Crippen molar-refractivity contribution in [2.45, 2.75) is 59.0 Å². The van der Waals surface area contributed by atoms with Gasteiger partial charge in [-0.3, -0.25) is 4.79 Å². The third-order valence-electron chi connectivity index (χ3n) is 6.53. The number of aliphatic carboxylic acids is 1. The number of rotatable bonds is 9. The van der Waals surface area contributed by atoms with Crippen molar-refractivity contribution in [2.75, 3.05) is 32.5 Å². The molecule has 7 nitrogen and oxygen atoms in total. The van der Waals surface area contributed by atoms with Gasteiger partial charge in [0.2, 0.25) is 0 Å². The maximum absolute atomic E-state index is 12.1. The lowest BCUT2D eigenvalue weighted by Gasteiger charge is -2.27. The highest BCUT2D eigenvalue weighted by molar-refractivity contribution is 6.00. The van der Waals surface area contributed by atoms with Gasteiger partial charge in [0.1, 0.15) is 12.4 Å². The predicted molar refractivity (Wildman–Crippen MR) is 119 cm³/mol. The third-order valence-corrected chi connectivity index (χ3v) is 6.53. The lowest BCUT2D eigenvalue weighted by molar-refractivity contribution is -0.142. The predicted octanol–water partition coefficient (Wildman–Crippen LogP) is 3.71. The van der Waals surface area contributed by atoms with E-state index in [9.17, 15) is 14.7 Å². The number of hydrogen-bond acceptors (Lipinski definition) is 6. The minimum absolute atomic E-state index is 0.215. The summed E-state index contributed by atoms with van der Waals surface area (Å²) in [5.41, 5.74) is 10.5. The molecule has 2 aliphatic rings. The van der Waals surface area contributed by atoms with Gasteiger partial charge in [-0.25, -0.2) is 4.79 Å². The molecule has 170 valence electrons. The van der Waals surface area contributed by atoms with Crippen LogP contribution in [0.4, 0.5) is 5.69 Å². The maximum Gasteiger partial charge on any atom is 0.341 e. The zero-order valence-corrected chi connectivity index (χ0v) is 18.8. The zero-order chi connectivity index (χ0) is 22.5. The summed E-state index contributed by atoms with van der Waals surface area (Å²) >= 11 is 0. The Balaban J connectivity index is 1.71. The van der Waals surface area contributed by atoms with Gasteiger partial charge in [-0.15, -0.1) is 0 Å². The average Bonchev–Trinajstić information content (AvgIpc) is 3.15. The second kappa shape index (κ2) is 10.2. The Labute approximate surface area is 184 Å². The van der Waals surface area contributed by atoms with Crippen LogP contribution in [-0.2, 0) is 22.6 Å². The number of likely N-dealkylation sites (tertiary alicyclic amines) is 1. The lowest BCUT2D eigenvalue weighted by Crippen LogP contribution is -2.32. The van der Waals surface area contributed by atoms with Gasteiger partial charge in [0.15, 0.2) is 0 Å². The number of carboxylic acid groups (broad SMARTS) is 1. The average molecular weight is 431 g/mol. The molecule has 1 aromatic rings. The number of piperidine rings is 1. The molecule has 1 fully saturated rings. The number of carbonyl (C=O) groups excluding carboxylic acids is 1. The largest absolute Gasteiger partial charge is 0.496 e. The quantitative estimate of drug-likeness (QED) is 0.350. The first-order chi connectivity index (χ1) is 14.8. The molecule has 3 N–H and O–H groups in total. The molecule has 0 saturated carbocycles. The van der Waals surface area contributed by atoms with Crippen LogP contribution in [-0.4, -0.2) is 48.7 Å². The summed E-state index contributed by atoms with van der Waals surface area (Å²) in [6.45, 7) is 7.04. The first-order valence-corrected chi connectivity index (χ1v) is 11.1. The number of benzene rings is 1. The number of carboxylic acids is 1. The van der Waals surface area contributed by atoms with Crippen molar-refractivity contribution >= 4 is 17.6 Å². The normalized spacial score (nSPS) is 17.9. The topological polar surface area (TPSA) is 102 Å². The Morgan fingerprint density at radius 2 is 2.03 bits per heavy atom. The number of nitrogens with zero attached hydrogens (tertiary/aromatic N) is 1. The number of anilines is 1. The van der Waals surface area contributed by atoms with Crippen molar-refractivity contribution in [3.05, 3.63) is 33.9 Å². The zero-order valence-electron chi connectivity index (χ0n) is 18.8. The molecular formula is C24H34N2O5. The molecule has 1 aromatic carbocycles. The number of hydrogen-bond donors (Lipinski definition) is 2. The molecule has 2 heterocycles. The molecule has 0 radical (unpaired) electrons. The van der Waals surface area contributed by atoms with E-state index in [1.54, 1.807) is 7.11 Å². The van der Waals surface area contributed by atoms with Gasteiger partial charge >= 0.3 is 11.9 Å². The summed E-state index contributed by atoms with van der Waals surface area (Å²) < 4.78 is 10.8. The van der Waals surface area contributed by atoms with Gasteiger partial charge in [0.05, 0.1) is 24.3 Å². The van der Waals surface area contributed by atoms with Crippen LogP contribution >= 0.6 is 0 Å². The van der Waals surface area contributed by atoms with E-state index in [0.29, 0.717) is 36.3 Å². The third kappa shape index (κ3) is 5.21. The molecule has 1 saturated heterocycles. The molecule has 0 amide bonds. The Kier molecular flexibility index (Phi) is 7.59. The van der Waals surface area contributed by atoms with E-state index in [2.05, 4.69) is 4.90 Å². The SMILES string of the molecule is COc1c(C)c2c(c(N)c1C/C=C(\C)CC(CCN1CCCCC1)C(=O)O)C(=O)OC2. The van der Waals surface area contributed by atoms with Gasteiger partial charge in [-0.2, -0.15) is 0 Å². The molecule has 1 atom stereocenters. The van der Waals surface area contributed by atoms with E-state index in [1.807, 2.05) is 19.9 Å². The molecule has 1 unspecified atom stereocenters. The summed E-state index contributed by atoms with van der Waals surface area (Å²) in [5, 5.41) is 9.70. The van der Waals surface area contributed by atoms with Crippen LogP contribution in [0, 0.1) is 12.8 Å². The Morgan fingerprint density at radius 3 is 2.68 bits per heavy atom. The smallest absolute Gasteiger partial charge is 0.341 e. The van der Waals surface area contributed by atoms with Crippen molar-refractivity contribution in [1.29, 1.82) is 0 Å². The number of allylic oxidation sites excluding steroid dienone is 2. The van der Waals surface area contributed by atoms with E-state index in [1.165, 1.54) is 19.3 Å². The number of fused-ring (bicyclic) bond motifs is 1. The summed E-state index contributed by atoms with van der Waals surface area (Å²) in [4.78, 5) is 26.3. The molecule has 31 heavy (non-hydrogen) atoms. The maximum atomic E-state index is 12.1. The van der Waals surface area contributed by atoms with Gasteiger partial charge in [-0.05, 0) is 71.1 Å². The van der Waals surface area contributed by atoms with Gasteiger partial charge in [0, 0.05) is 11.1 Å². The number of ether oxygens (including phenoxy) is 2. The highest BCUT2D eigenvalue weighted by atomic mass is 16.5. The number of cyclic esters (lactones) is 1. The minimum Gasteiger partial charge on any atom is -0.496 e. The fourth-order valence-electron chi connectivity index (χ4n) is 4.67. The fraction of sp³-hybridized carbons (Fsp3) is 0.583. The number of esters is 1. The number of carbonyl (C=O) groups is 2. The second-order valence-corrected chi connectivity index (χ2v) is 8.67. The fourth-order valence-corrected chi connectivity index (χ4v) is 4.67. The number of nitrogen functional groups attached to an aromatic ring is 1. The second-order valence-electron chi connectivity index (χ2n) is 8.67. The van der Waals surface area contributed by atoms with E-state index in [4.69, 9.17) is 15.2 Å². The van der Waals surface area contributed by atoms with E-state index in [-0.39, 0.29) is 6.61 Å². The molecule has 0 aromatic heterocycles. The van der Waals surface area contributed by atoms with Crippen molar-refractivity contribution < 1.29 is 24.2 Å². The molecule has 7 heteroatoms. The van der Waals surface area contributed by atoms with Crippen LogP contribution in [0.15, 0.2) is 11.6 Å². The Hall–Kier alpha value is -2.54. The van der Waals surface area contributed by atoms with Crippen LogP contribution in [0.5, 0.6) is 5.75 Å². The van der Waals surface area contributed by atoms with Crippen LogP contribution < -0.4 is 10.5 Å². The summed E-state index contributed by atoms with van der Waals surface area (Å²) in [6.07, 6.45) is 7.29. The van der Waals surface area contributed by atoms with Crippen molar-refractivity contribution in [3.8, 4) is 5.75 Å². The van der Waals surface area contributed by atoms with Crippen LogP contribution in [0.2, 0.25) is 0 Å². The highest BCUT2D eigenvalue weighted by Gasteiger charge is 2.30. The molecule has 0 bridgehead atoms. The van der Waals surface area contributed by atoms with E-state index in [0.717, 1.165) is 41.9 Å². The summed E-state index contributed by atoms with van der Waals surface area (Å²) in [6, 6.07) is 0. The lowest BCUT2D eigenvalue weighted by atomic mass is 9.92. The number of nitrogens with two attached hydrogens (primary N) is 1. The van der Waals surface area contributed by atoms with Gasteiger partial charge < -0.3 is 25.2 Å². The molecule has 3 rings (SSSR count). The molecule has 0 spiro atoms. The first-order valence-electron chi connectivity index (χ1n) is 11.1. The highest BCUT2D eigenvalue weighted by Crippen LogP contribution is 2.39. The summed E-state index contributed by atoms with van der Waals surface area (Å²) in [7, 11) is 1.59. The van der Waals surface area contributed by atoms with Crippen LogP contribution in [0.25, 0.3) is 0 Å². The van der Waals surface area contributed by atoms with E-state index < -0.39 is 17.9 Å². The minimum atomic E-state index is -0.752. The standard InChI is InChI=1S/C24H34N2O5/c1-15(13-17(23(27)28)9-12-26-10-5-4-6-11-26)7-8-18-21(25)20-19(14-31-24(20)29)16(2)22(18)30-3/h7,17H,4-6,8-14,25H2,1-3H3,(H,27,28)/b15-7+. The van der Waals surface area contributed by atoms with Gasteiger partial charge in [-0.1, -0.05) is 18.1 Å². The molecule has 0 aliphatic carbocycles. The van der Waals surface area contributed by atoms with Gasteiger partial charge in [0.25, 0.3) is 0 Å². The Bertz CT molecular complexity index is 871. The first kappa shape index (κ1) is 23.1. The van der Waals surface area contributed by atoms with Crippen molar-refractivity contribution in [3.63, 3.8) is 0 Å². The van der Waals surface area contributed by atoms with Crippen LogP contribution in [0.1, 0.15) is 66.1 Å².